The summed E-state index contributed by atoms with van der Waals surface area (Å²) in [4.78, 5) is 20.4. The highest BCUT2D eigenvalue weighted by Crippen LogP contribution is 2.47. The van der Waals surface area contributed by atoms with Crippen molar-refractivity contribution in [3.8, 4) is 5.75 Å². The molecular weight excluding hydrogens is 382 g/mol. The lowest BCUT2D eigenvalue weighted by Gasteiger charge is -2.29. The number of benzene rings is 2. The SMILES string of the molecule is CN(C)CCCC1(c2ccccc2)COc2ccc(Cl)cc21.O=C(O)C(=O)O. The number of carboxylic acid groups (broad SMARTS) is 2. The molecule has 2 N–H and O–H groups in total. The van der Waals surface area contributed by atoms with Gasteiger partial charge in [0.05, 0.1) is 5.41 Å². The highest BCUT2D eigenvalue weighted by atomic mass is 35.5. The van der Waals surface area contributed by atoms with E-state index in [-0.39, 0.29) is 5.41 Å². The Morgan fingerprint density at radius 1 is 1.11 bits per heavy atom. The standard InChI is InChI=1S/C19H22ClNO.C2H2O4/c1-21(2)12-6-11-19(15-7-4-3-5-8-15)14-22-18-10-9-16(20)13-17(18)19;3-1(4)2(5)6/h3-5,7-10,13H,6,11-12,14H2,1-2H3;(H,3,4)(H,5,6). The largest absolute Gasteiger partial charge is 0.492 e. The summed E-state index contributed by atoms with van der Waals surface area (Å²) in [6, 6.07) is 16.6. The van der Waals surface area contributed by atoms with E-state index in [1.807, 2.05) is 12.1 Å². The topological polar surface area (TPSA) is 87.1 Å². The summed E-state index contributed by atoms with van der Waals surface area (Å²) < 4.78 is 6.01. The average molecular weight is 406 g/mol. The molecule has 2 aromatic carbocycles. The molecule has 0 aliphatic carbocycles. The van der Waals surface area contributed by atoms with Crippen molar-refractivity contribution in [1.29, 1.82) is 0 Å². The maximum Gasteiger partial charge on any atom is 0.414 e. The lowest BCUT2D eigenvalue weighted by Crippen LogP contribution is -2.31. The van der Waals surface area contributed by atoms with Crippen molar-refractivity contribution in [3.05, 3.63) is 64.7 Å². The van der Waals surface area contributed by atoms with E-state index in [0.717, 1.165) is 30.2 Å². The van der Waals surface area contributed by atoms with Gasteiger partial charge in [-0.25, -0.2) is 9.59 Å². The number of rotatable bonds is 5. The maximum atomic E-state index is 9.10. The number of aliphatic carboxylic acids is 2. The lowest BCUT2D eigenvalue weighted by atomic mass is 9.73. The van der Waals surface area contributed by atoms with Crippen LogP contribution in [0, 0.1) is 0 Å². The van der Waals surface area contributed by atoms with E-state index in [0.29, 0.717) is 6.61 Å². The zero-order chi connectivity index (χ0) is 20.7. The predicted molar refractivity (Wildman–Crippen MR) is 107 cm³/mol. The van der Waals surface area contributed by atoms with Crippen molar-refractivity contribution < 1.29 is 24.5 Å². The molecule has 1 aliphatic heterocycles. The van der Waals surface area contributed by atoms with Crippen LogP contribution in [0.4, 0.5) is 0 Å². The second kappa shape index (κ2) is 9.57. The van der Waals surface area contributed by atoms with E-state index in [1.54, 1.807) is 0 Å². The first kappa shape index (κ1) is 21.7. The van der Waals surface area contributed by atoms with Crippen LogP contribution in [0.3, 0.4) is 0 Å². The van der Waals surface area contributed by atoms with Crippen LogP contribution in [0.2, 0.25) is 5.02 Å². The van der Waals surface area contributed by atoms with E-state index in [1.165, 1.54) is 11.1 Å². The molecule has 150 valence electrons. The van der Waals surface area contributed by atoms with Gasteiger partial charge in [-0.3, -0.25) is 0 Å². The number of carbonyl (C=O) groups is 2. The van der Waals surface area contributed by atoms with E-state index >= 15 is 0 Å². The van der Waals surface area contributed by atoms with Gasteiger partial charge in [0.2, 0.25) is 0 Å². The lowest BCUT2D eigenvalue weighted by molar-refractivity contribution is -0.159. The third kappa shape index (κ3) is 5.24. The van der Waals surface area contributed by atoms with Gasteiger partial charge in [-0.05, 0) is 57.2 Å². The van der Waals surface area contributed by atoms with Gasteiger partial charge >= 0.3 is 11.9 Å². The van der Waals surface area contributed by atoms with Gasteiger partial charge in [0.1, 0.15) is 12.4 Å². The van der Waals surface area contributed by atoms with E-state index in [9.17, 15) is 0 Å². The van der Waals surface area contributed by atoms with Crippen LogP contribution in [0.5, 0.6) is 5.75 Å². The predicted octanol–water partition coefficient (Wildman–Crippen LogP) is 3.52. The normalized spacial score (nSPS) is 17.3. The van der Waals surface area contributed by atoms with E-state index in [4.69, 9.17) is 36.1 Å². The number of ether oxygens (including phenoxy) is 1. The van der Waals surface area contributed by atoms with Crippen molar-refractivity contribution in [1.82, 2.24) is 4.90 Å². The number of nitrogens with zero attached hydrogens (tertiary/aromatic N) is 1. The number of carboxylic acids is 2. The Kier molecular flexibility index (Phi) is 7.43. The molecule has 1 unspecified atom stereocenters. The third-order valence-corrected chi connectivity index (χ3v) is 4.88. The molecule has 0 spiro atoms. The smallest absolute Gasteiger partial charge is 0.414 e. The Hall–Kier alpha value is -2.57. The summed E-state index contributed by atoms with van der Waals surface area (Å²) in [5.74, 6) is -2.68. The number of fused-ring (bicyclic) bond motifs is 1. The summed E-state index contributed by atoms with van der Waals surface area (Å²) in [6.45, 7) is 1.77. The van der Waals surface area contributed by atoms with Gasteiger partial charge in [0.25, 0.3) is 0 Å². The average Bonchev–Trinajstić information content (AvgIpc) is 3.01. The molecule has 0 saturated heterocycles. The summed E-state index contributed by atoms with van der Waals surface area (Å²) in [5.41, 5.74) is 2.46. The molecule has 2 aromatic rings. The quantitative estimate of drug-likeness (QED) is 0.740. The van der Waals surface area contributed by atoms with Gasteiger partial charge in [0.15, 0.2) is 0 Å². The Labute approximate surface area is 169 Å². The molecule has 6 nitrogen and oxygen atoms in total. The zero-order valence-corrected chi connectivity index (χ0v) is 16.6. The Morgan fingerprint density at radius 2 is 1.75 bits per heavy atom. The summed E-state index contributed by atoms with van der Waals surface area (Å²) >= 11 is 6.26. The monoisotopic (exact) mass is 405 g/mol. The van der Waals surface area contributed by atoms with Crippen LogP contribution in [-0.2, 0) is 15.0 Å². The maximum absolute atomic E-state index is 9.10. The van der Waals surface area contributed by atoms with Gasteiger partial charge in [-0.15, -0.1) is 0 Å². The molecule has 0 fully saturated rings. The van der Waals surface area contributed by atoms with Crippen molar-refractivity contribution in [2.75, 3.05) is 27.2 Å². The molecule has 0 bridgehead atoms. The molecule has 0 saturated carbocycles. The minimum absolute atomic E-state index is 0.0858. The Balaban J connectivity index is 0.000000409. The molecule has 0 amide bonds. The first-order valence-electron chi connectivity index (χ1n) is 8.85. The van der Waals surface area contributed by atoms with Crippen LogP contribution in [0.25, 0.3) is 0 Å². The van der Waals surface area contributed by atoms with E-state index < -0.39 is 11.9 Å². The fraction of sp³-hybridized carbons (Fsp3) is 0.333. The minimum Gasteiger partial charge on any atom is -0.492 e. The van der Waals surface area contributed by atoms with Crippen LogP contribution >= 0.6 is 11.6 Å². The second-order valence-corrected chi connectivity index (χ2v) is 7.33. The molecule has 0 aromatic heterocycles. The fourth-order valence-electron chi connectivity index (χ4n) is 3.33. The molecular formula is C21H24ClNO5. The van der Waals surface area contributed by atoms with Crippen LogP contribution in [0.15, 0.2) is 48.5 Å². The van der Waals surface area contributed by atoms with Gasteiger partial charge in [-0.1, -0.05) is 41.9 Å². The highest BCUT2D eigenvalue weighted by molar-refractivity contribution is 6.30. The number of hydrogen-bond donors (Lipinski definition) is 2. The minimum atomic E-state index is -1.82. The van der Waals surface area contributed by atoms with Gasteiger partial charge in [0, 0.05) is 10.6 Å². The van der Waals surface area contributed by atoms with Gasteiger partial charge < -0.3 is 19.8 Å². The Bertz CT molecular complexity index is 813. The van der Waals surface area contributed by atoms with Crippen molar-refractivity contribution in [2.45, 2.75) is 18.3 Å². The molecule has 1 atom stereocenters. The fourth-order valence-corrected chi connectivity index (χ4v) is 3.50. The molecule has 0 radical (unpaired) electrons. The van der Waals surface area contributed by atoms with Crippen LogP contribution < -0.4 is 4.74 Å². The first-order chi connectivity index (χ1) is 13.3. The summed E-state index contributed by atoms with van der Waals surface area (Å²) in [6.07, 6.45) is 2.18. The van der Waals surface area contributed by atoms with Crippen molar-refractivity contribution in [3.63, 3.8) is 0 Å². The Morgan fingerprint density at radius 3 is 2.32 bits per heavy atom. The van der Waals surface area contributed by atoms with Crippen molar-refractivity contribution >= 4 is 23.5 Å². The molecule has 3 rings (SSSR count). The second-order valence-electron chi connectivity index (χ2n) is 6.89. The zero-order valence-electron chi connectivity index (χ0n) is 15.9. The number of hydrogen-bond acceptors (Lipinski definition) is 4. The van der Waals surface area contributed by atoms with Crippen LogP contribution in [0.1, 0.15) is 24.0 Å². The summed E-state index contributed by atoms with van der Waals surface area (Å²) in [7, 11) is 4.23. The van der Waals surface area contributed by atoms with E-state index in [2.05, 4.69) is 55.4 Å². The molecule has 28 heavy (non-hydrogen) atoms. The van der Waals surface area contributed by atoms with Crippen molar-refractivity contribution in [2.24, 2.45) is 0 Å². The summed E-state index contributed by atoms with van der Waals surface area (Å²) in [5, 5.41) is 15.6. The molecule has 7 heteroatoms. The molecule has 1 aliphatic rings. The molecule has 1 heterocycles. The van der Waals surface area contributed by atoms with Gasteiger partial charge in [-0.2, -0.15) is 0 Å². The highest BCUT2D eigenvalue weighted by Gasteiger charge is 2.41. The first-order valence-corrected chi connectivity index (χ1v) is 9.23. The number of halogens is 1. The third-order valence-electron chi connectivity index (χ3n) is 4.65. The van der Waals surface area contributed by atoms with Crippen LogP contribution in [-0.4, -0.2) is 54.3 Å².